The highest BCUT2D eigenvalue weighted by Crippen LogP contribution is 2.22. The van der Waals surface area contributed by atoms with Crippen molar-refractivity contribution >= 4 is 0 Å². The molecule has 2 rings (SSSR count). The van der Waals surface area contributed by atoms with E-state index in [-0.39, 0.29) is 5.41 Å². The van der Waals surface area contributed by atoms with Crippen molar-refractivity contribution in [3.8, 4) is 0 Å². The second kappa shape index (κ2) is 7.75. The summed E-state index contributed by atoms with van der Waals surface area (Å²) in [5.74, 6) is 0. The first kappa shape index (κ1) is 18.4. The molecule has 1 unspecified atom stereocenters. The molecule has 0 radical (unpaired) electrons. The number of morpholine rings is 1. The second-order valence-corrected chi connectivity index (χ2v) is 7.94. The number of nitrogens with zero attached hydrogens (tertiary/aromatic N) is 1. The number of rotatable bonds is 6. The summed E-state index contributed by atoms with van der Waals surface area (Å²) in [5.41, 5.74) is 2.07. The van der Waals surface area contributed by atoms with Crippen LogP contribution in [0.5, 0.6) is 0 Å². The van der Waals surface area contributed by atoms with E-state index < -0.39 is 5.60 Å². The molecule has 4 heteroatoms. The molecule has 0 spiro atoms. The summed E-state index contributed by atoms with van der Waals surface area (Å²) in [6.45, 7) is 14.0. The third kappa shape index (κ3) is 6.22. The maximum absolute atomic E-state index is 10.6. The Morgan fingerprint density at radius 2 is 1.70 bits per heavy atom. The number of benzene rings is 1. The Balaban J connectivity index is 1.77. The van der Waals surface area contributed by atoms with Gasteiger partial charge in [0.15, 0.2) is 0 Å². The van der Waals surface area contributed by atoms with E-state index in [9.17, 15) is 5.11 Å². The van der Waals surface area contributed by atoms with Crippen molar-refractivity contribution in [3.63, 3.8) is 0 Å². The number of hydrogen-bond donors (Lipinski definition) is 2. The Morgan fingerprint density at radius 1 is 1.09 bits per heavy atom. The average Bonchev–Trinajstić information content (AvgIpc) is 2.47. The highest BCUT2D eigenvalue weighted by atomic mass is 16.5. The van der Waals surface area contributed by atoms with Gasteiger partial charge in [-0.25, -0.2) is 0 Å². The van der Waals surface area contributed by atoms with E-state index in [2.05, 4.69) is 55.3 Å². The van der Waals surface area contributed by atoms with Crippen molar-refractivity contribution in [2.45, 2.75) is 45.3 Å². The summed E-state index contributed by atoms with van der Waals surface area (Å²) >= 11 is 0. The molecule has 0 aliphatic carbocycles. The molecule has 1 aromatic rings. The average molecular weight is 320 g/mol. The maximum atomic E-state index is 10.6. The molecule has 0 bridgehead atoms. The molecule has 2 N–H and O–H groups in total. The number of ether oxygens (including phenoxy) is 1. The summed E-state index contributed by atoms with van der Waals surface area (Å²) in [6.07, 6.45) is 0. The molecule has 4 nitrogen and oxygen atoms in total. The Morgan fingerprint density at radius 3 is 2.26 bits per heavy atom. The molecule has 1 fully saturated rings. The molecule has 0 amide bonds. The fourth-order valence-electron chi connectivity index (χ4n) is 2.90. The SMILES string of the molecule is CC(O)(CNCc1ccc(C(C)(C)C)cc1)CN1CCOCC1. The molecule has 23 heavy (non-hydrogen) atoms. The third-order valence-electron chi connectivity index (χ3n) is 4.32. The van der Waals surface area contributed by atoms with Gasteiger partial charge in [0, 0.05) is 32.7 Å². The molecular formula is C19H32N2O2. The minimum Gasteiger partial charge on any atom is -0.388 e. The molecule has 1 heterocycles. The van der Waals surface area contributed by atoms with Crippen LogP contribution in [0.1, 0.15) is 38.8 Å². The van der Waals surface area contributed by atoms with Gasteiger partial charge < -0.3 is 15.2 Å². The van der Waals surface area contributed by atoms with Crippen molar-refractivity contribution in [1.82, 2.24) is 10.2 Å². The number of β-amino-alcohol motifs (C(OH)–C–C–N with tert-alkyl or cyclic N) is 1. The van der Waals surface area contributed by atoms with Crippen LogP contribution < -0.4 is 5.32 Å². The molecule has 1 aliphatic heterocycles. The van der Waals surface area contributed by atoms with Crippen LogP contribution in [0.4, 0.5) is 0 Å². The summed E-state index contributed by atoms with van der Waals surface area (Å²) in [7, 11) is 0. The van der Waals surface area contributed by atoms with E-state index >= 15 is 0 Å². The van der Waals surface area contributed by atoms with Crippen LogP contribution in [0.3, 0.4) is 0 Å². The molecular weight excluding hydrogens is 288 g/mol. The van der Waals surface area contributed by atoms with Crippen LogP contribution >= 0.6 is 0 Å². The van der Waals surface area contributed by atoms with E-state index in [1.54, 1.807) is 0 Å². The topological polar surface area (TPSA) is 44.7 Å². The van der Waals surface area contributed by atoms with Crippen molar-refractivity contribution in [1.29, 1.82) is 0 Å². The van der Waals surface area contributed by atoms with E-state index in [4.69, 9.17) is 4.74 Å². The summed E-state index contributed by atoms with van der Waals surface area (Å²) in [5, 5.41) is 13.9. The summed E-state index contributed by atoms with van der Waals surface area (Å²) < 4.78 is 5.35. The predicted octanol–water partition coefficient (Wildman–Crippen LogP) is 2.16. The minimum absolute atomic E-state index is 0.188. The Bertz CT molecular complexity index is 471. The fourth-order valence-corrected chi connectivity index (χ4v) is 2.90. The zero-order chi connectivity index (χ0) is 16.9. The van der Waals surface area contributed by atoms with Gasteiger partial charge in [-0.2, -0.15) is 0 Å². The van der Waals surface area contributed by atoms with E-state index in [0.717, 1.165) is 32.8 Å². The lowest BCUT2D eigenvalue weighted by Crippen LogP contribution is -2.50. The smallest absolute Gasteiger partial charge is 0.0869 e. The van der Waals surface area contributed by atoms with Crippen LogP contribution in [0.2, 0.25) is 0 Å². The fraction of sp³-hybridized carbons (Fsp3) is 0.684. The van der Waals surface area contributed by atoms with Crippen molar-refractivity contribution < 1.29 is 9.84 Å². The number of hydrogen-bond acceptors (Lipinski definition) is 4. The highest BCUT2D eigenvalue weighted by molar-refractivity contribution is 5.27. The molecule has 0 aromatic heterocycles. The second-order valence-electron chi connectivity index (χ2n) is 7.94. The number of nitrogens with one attached hydrogen (secondary N) is 1. The van der Waals surface area contributed by atoms with Gasteiger partial charge in [-0.3, -0.25) is 4.90 Å². The van der Waals surface area contributed by atoms with Gasteiger partial charge in [0.05, 0.1) is 18.8 Å². The molecule has 1 saturated heterocycles. The van der Waals surface area contributed by atoms with Crippen LogP contribution in [0.15, 0.2) is 24.3 Å². The number of aliphatic hydroxyl groups is 1. The molecule has 1 aliphatic rings. The van der Waals surface area contributed by atoms with E-state index in [1.165, 1.54) is 11.1 Å². The molecule has 0 saturated carbocycles. The standard InChI is InChI=1S/C19H32N2O2/c1-18(2,3)17-7-5-16(6-8-17)13-20-14-19(4,22)15-21-9-11-23-12-10-21/h5-8,20,22H,9-15H2,1-4H3. The molecule has 1 aromatic carbocycles. The predicted molar refractivity (Wildman–Crippen MR) is 94.7 cm³/mol. The van der Waals surface area contributed by atoms with Gasteiger partial charge in [0.2, 0.25) is 0 Å². The zero-order valence-electron chi connectivity index (χ0n) is 15.1. The van der Waals surface area contributed by atoms with Crippen molar-refractivity contribution in [2.75, 3.05) is 39.4 Å². The first-order valence-corrected chi connectivity index (χ1v) is 8.59. The maximum Gasteiger partial charge on any atom is 0.0869 e. The first-order chi connectivity index (χ1) is 10.8. The molecule has 130 valence electrons. The van der Waals surface area contributed by atoms with Gasteiger partial charge in [-0.1, -0.05) is 45.0 Å². The van der Waals surface area contributed by atoms with Gasteiger partial charge in [0.25, 0.3) is 0 Å². The minimum atomic E-state index is -0.720. The third-order valence-corrected chi connectivity index (χ3v) is 4.32. The van der Waals surface area contributed by atoms with Gasteiger partial charge >= 0.3 is 0 Å². The largest absolute Gasteiger partial charge is 0.388 e. The van der Waals surface area contributed by atoms with Crippen LogP contribution in [0.25, 0.3) is 0 Å². The lowest BCUT2D eigenvalue weighted by atomic mass is 9.87. The van der Waals surface area contributed by atoms with Gasteiger partial charge in [-0.05, 0) is 23.5 Å². The quantitative estimate of drug-likeness (QED) is 0.843. The Kier molecular flexibility index (Phi) is 6.20. The summed E-state index contributed by atoms with van der Waals surface area (Å²) in [6, 6.07) is 8.74. The first-order valence-electron chi connectivity index (χ1n) is 8.59. The lowest BCUT2D eigenvalue weighted by Gasteiger charge is -2.34. The van der Waals surface area contributed by atoms with Crippen LogP contribution in [0, 0.1) is 0 Å². The normalized spacial score (nSPS) is 19.5. The summed E-state index contributed by atoms with van der Waals surface area (Å²) in [4.78, 5) is 2.27. The monoisotopic (exact) mass is 320 g/mol. The Hall–Kier alpha value is -0.940. The Labute approximate surface area is 140 Å². The van der Waals surface area contributed by atoms with Crippen molar-refractivity contribution in [2.24, 2.45) is 0 Å². The van der Waals surface area contributed by atoms with Crippen molar-refractivity contribution in [3.05, 3.63) is 35.4 Å². The van der Waals surface area contributed by atoms with Crippen LogP contribution in [-0.4, -0.2) is 55.0 Å². The zero-order valence-corrected chi connectivity index (χ0v) is 15.1. The van der Waals surface area contributed by atoms with E-state index in [1.807, 2.05) is 6.92 Å². The highest BCUT2D eigenvalue weighted by Gasteiger charge is 2.24. The van der Waals surface area contributed by atoms with E-state index in [0.29, 0.717) is 13.1 Å². The van der Waals surface area contributed by atoms with Gasteiger partial charge in [-0.15, -0.1) is 0 Å². The lowest BCUT2D eigenvalue weighted by molar-refractivity contribution is -0.0219. The van der Waals surface area contributed by atoms with Gasteiger partial charge in [0.1, 0.15) is 0 Å². The molecule has 1 atom stereocenters. The van der Waals surface area contributed by atoms with Crippen LogP contribution in [-0.2, 0) is 16.7 Å².